The molecule has 0 spiro atoms. The Kier molecular flexibility index (Phi) is 6.77. The van der Waals surface area contributed by atoms with E-state index >= 15 is 0 Å². The average molecular weight is 875 g/mol. The molecule has 0 amide bonds. The van der Waals surface area contributed by atoms with Gasteiger partial charge < -0.3 is 0 Å². The lowest BCUT2D eigenvalue weighted by Gasteiger charge is -2.36. The molecule has 0 nitrogen and oxygen atoms in total. The number of fused-ring (bicyclic) bond motifs is 10. The van der Waals surface area contributed by atoms with Crippen molar-refractivity contribution < 1.29 is 0 Å². The fourth-order valence-corrected chi connectivity index (χ4v) is 15.9. The van der Waals surface area contributed by atoms with Crippen molar-refractivity contribution in [2.75, 3.05) is 0 Å². The molecule has 6 aliphatic carbocycles. The van der Waals surface area contributed by atoms with E-state index in [0.29, 0.717) is 0 Å². The second kappa shape index (κ2) is 11.7. The molecular weight excluding hydrogens is 817 g/mol. The average Bonchev–Trinajstić information content (AvgIpc) is 3.89. The van der Waals surface area contributed by atoms with Crippen molar-refractivity contribution in [1.82, 2.24) is 0 Å². The first kappa shape index (κ1) is 39.5. The summed E-state index contributed by atoms with van der Waals surface area (Å²) in [6.45, 7) is 30.3. The van der Waals surface area contributed by atoms with Gasteiger partial charge >= 0.3 is 0 Å². The number of rotatable bonds is 2. The lowest BCUT2D eigenvalue weighted by atomic mass is 9.66. The lowest BCUT2D eigenvalue weighted by Crippen LogP contribution is -2.25. The summed E-state index contributed by atoms with van der Waals surface area (Å²) in [5.74, 6) is 0. The van der Waals surface area contributed by atoms with Gasteiger partial charge in [0, 0.05) is 32.5 Å². The molecule has 0 unspecified atom stereocenters. The van der Waals surface area contributed by atoms with E-state index in [1.807, 2.05) is 0 Å². The summed E-state index contributed by atoms with van der Waals surface area (Å²) >= 11 is 0. The summed E-state index contributed by atoms with van der Waals surface area (Å²) in [4.78, 5) is 0. The molecule has 0 aromatic heterocycles. The minimum atomic E-state index is -0.235. The quantitative estimate of drug-likeness (QED) is 0.162. The maximum atomic E-state index is 2.71. The van der Waals surface area contributed by atoms with Crippen molar-refractivity contribution in [3.8, 4) is 66.8 Å². The molecule has 0 N–H and O–H groups in total. The van der Waals surface area contributed by atoms with Crippen LogP contribution in [0.4, 0.5) is 0 Å². The first-order chi connectivity index (χ1) is 32.3. The first-order valence-electron chi connectivity index (χ1n) is 25.3. The normalized spacial score (nSPS) is 19.0. The van der Waals surface area contributed by atoms with E-state index in [9.17, 15) is 0 Å². The molecule has 0 atom stereocenters. The molecule has 0 fully saturated rings. The van der Waals surface area contributed by atoms with Gasteiger partial charge in [0.05, 0.1) is 0 Å². The molecule has 0 saturated carbocycles. The standard InChI is InChI=1S/C68H58/c1-63(2)43-27-19-25-39-51-41-33-46-42(34-45(41)65(5,6)59(51)61-57(53(39)43)55-47(63)29-37(31-49(55)67(61,9)10)35-21-15-13-16-22-35)52-40-26-20-28-44-54(40)58-56-48(64(44,3)4)30-38(36-23-17-14-18-24-36)32-50(56)68(11,12)62(58)60(52)66(46,7)8/h13-34H,1-12H3. The minimum Gasteiger partial charge on any atom is -0.0622 e. The molecule has 0 aliphatic heterocycles. The Morgan fingerprint density at radius 3 is 0.926 bits per heavy atom. The largest absolute Gasteiger partial charge is 0.0622 e. The first-order valence-corrected chi connectivity index (χ1v) is 25.3. The minimum absolute atomic E-state index is 0.170. The molecular formula is C68H58. The maximum Gasteiger partial charge on any atom is 0.0162 e. The monoisotopic (exact) mass is 874 g/mol. The highest BCUT2D eigenvalue weighted by Crippen LogP contribution is 2.70. The Morgan fingerprint density at radius 2 is 0.559 bits per heavy atom. The van der Waals surface area contributed by atoms with E-state index in [2.05, 4.69) is 217 Å². The van der Waals surface area contributed by atoms with E-state index in [4.69, 9.17) is 0 Å². The van der Waals surface area contributed by atoms with Gasteiger partial charge in [-0.05, 0) is 191 Å². The third kappa shape index (κ3) is 4.15. The molecule has 330 valence electrons. The Morgan fingerprint density at radius 1 is 0.235 bits per heavy atom. The van der Waals surface area contributed by atoms with Gasteiger partial charge in [-0.2, -0.15) is 0 Å². The van der Waals surface area contributed by atoms with Crippen LogP contribution in [0.15, 0.2) is 133 Å². The summed E-state index contributed by atoms with van der Waals surface area (Å²) in [5.41, 5.74) is 33.8. The van der Waals surface area contributed by atoms with Crippen LogP contribution in [0.25, 0.3) is 88.3 Å². The van der Waals surface area contributed by atoms with Crippen molar-refractivity contribution >= 4 is 21.5 Å². The number of benzene rings is 9. The third-order valence-electron chi connectivity index (χ3n) is 19.2. The molecule has 15 rings (SSSR count). The fraction of sp³-hybridized carbons (Fsp3) is 0.265. The molecule has 0 saturated heterocycles. The summed E-state index contributed by atoms with van der Waals surface area (Å²) in [6, 6.07) is 52.3. The van der Waals surface area contributed by atoms with Crippen LogP contribution in [0.2, 0.25) is 0 Å². The van der Waals surface area contributed by atoms with Crippen LogP contribution < -0.4 is 0 Å². The van der Waals surface area contributed by atoms with Gasteiger partial charge in [-0.15, -0.1) is 0 Å². The van der Waals surface area contributed by atoms with E-state index in [1.165, 1.54) is 144 Å². The van der Waals surface area contributed by atoms with E-state index in [-0.39, 0.29) is 32.5 Å². The predicted molar refractivity (Wildman–Crippen MR) is 287 cm³/mol. The van der Waals surface area contributed by atoms with Gasteiger partial charge in [0.15, 0.2) is 0 Å². The van der Waals surface area contributed by atoms with Crippen LogP contribution in [0.3, 0.4) is 0 Å². The van der Waals surface area contributed by atoms with E-state index in [1.54, 1.807) is 11.1 Å². The Balaban J connectivity index is 1.02. The molecule has 9 aromatic carbocycles. The van der Waals surface area contributed by atoms with E-state index < -0.39 is 0 Å². The molecule has 0 heteroatoms. The second-order valence-electron chi connectivity index (χ2n) is 24.8. The Labute approximate surface area is 402 Å². The smallest absolute Gasteiger partial charge is 0.0162 e. The third-order valence-corrected chi connectivity index (χ3v) is 19.2. The van der Waals surface area contributed by atoms with Gasteiger partial charge in [0.1, 0.15) is 0 Å². The predicted octanol–water partition coefficient (Wildman–Crippen LogP) is 17.8. The van der Waals surface area contributed by atoms with Crippen LogP contribution in [0, 0.1) is 0 Å². The van der Waals surface area contributed by atoms with Crippen molar-refractivity contribution in [3.63, 3.8) is 0 Å². The van der Waals surface area contributed by atoms with E-state index in [0.717, 1.165) is 0 Å². The zero-order chi connectivity index (χ0) is 46.7. The highest BCUT2D eigenvalue weighted by molar-refractivity contribution is 6.19. The molecule has 6 aliphatic rings. The Hall–Kier alpha value is -6.50. The topological polar surface area (TPSA) is 0 Å². The fourth-order valence-electron chi connectivity index (χ4n) is 15.9. The van der Waals surface area contributed by atoms with Crippen LogP contribution in [-0.4, -0.2) is 0 Å². The highest BCUT2D eigenvalue weighted by atomic mass is 14.6. The van der Waals surface area contributed by atoms with Gasteiger partial charge in [-0.25, -0.2) is 0 Å². The lowest BCUT2D eigenvalue weighted by molar-refractivity contribution is 0.598. The van der Waals surface area contributed by atoms with Crippen molar-refractivity contribution in [2.45, 2.75) is 116 Å². The summed E-state index contributed by atoms with van der Waals surface area (Å²) < 4.78 is 0. The summed E-state index contributed by atoms with van der Waals surface area (Å²) in [7, 11) is 0. The molecule has 0 heterocycles. The highest BCUT2D eigenvalue weighted by Gasteiger charge is 2.55. The summed E-state index contributed by atoms with van der Waals surface area (Å²) in [6.07, 6.45) is 0. The maximum absolute atomic E-state index is 2.71. The van der Waals surface area contributed by atoms with Crippen LogP contribution in [0.1, 0.15) is 150 Å². The van der Waals surface area contributed by atoms with Crippen molar-refractivity contribution in [1.29, 1.82) is 0 Å². The van der Waals surface area contributed by atoms with Crippen molar-refractivity contribution in [3.05, 3.63) is 200 Å². The number of hydrogen-bond acceptors (Lipinski definition) is 0. The molecule has 0 bridgehead atoms. The van der Waals surface area contributed by atoms with Gasteiger partial charge in [-0.3, -0.25) is 0 Å². The van der Waals surface area contributed by atoms with Gasteiger partial charge in [-0.1, -0.05) is 180 Å². The second-order valence-corrected chi connectivity index (χ2v) is 24.8. The zero-order valence-electron chi connectivity index (χ0n) is 41.7. The van der Waals surface area contributed by atoms with Crippen LogP contribution in [0.5, 0.6) is 0 Å². The SMILES string of the molecule is CC1(C)c2cc3c(cc2-c2c1c1c4c5c(cccc25)C(C)(C)c2cc(-c5ccccc5)cc(c2-4)C1(C)C)C(C)(C)c1c2c4c5c(cccc5c1-3)C(C)(C)c1cc(-c3ccccc3)cc(c1-4)C2(C)C. The van der Waals surface area contributed by atoms with Gasteiger partial charge in [0.2, 0.25) is 0 Å². The van der Waals surface area contributed by atoms with Crippen LogP contribution >= 0.6 is 0 Å². The molecule has 9 aromatic rings. The molecule has 0 radical (unpaired) electrons. The Bertz CT molecular complexity index is 3660. The van der Waals surface area contributed by atoms with Gasteiger partial charge in [0.25, 0.3) is 0 Å². The van der Waals surface area contributed by atoms with Crippen molar-refractivity contribution in [2.24, 2.45) is 0 Å². The molecule has 68 heavy (non-hydrogen) atoms. The zero-order valence-corrected chi connectivity index (χ0v) is 41.7. The van der Waals surface area contributed by atoms with Crippen LogP contribution in [-0.2, 0) is 32.5 Å². The summed E-state index contributed by atoms with van der Waals surface area (Å²) in [5, 5.41) is 5.81. The number of hydrogen-bond donors (Lipinski definition) is 0.